The zero-order valence-corrected chi connectivity index (χ0v) is 9.61. The highest BCUT2D eigenvalue weighted by molar-refractivity contribution is 5.96. The first-order valence-corrected chi connectivity index (χ1v) is 5.37. The summed E-state index contributed by atoms with van der Waals surface area (Å²) in [6, 6.07) is 3.41. The standard InChI is InChI=1S/C12H10F6O/c13-11(14,15)7-1-2-10(19)8-3-5-9(6-4-8)12(16,17)18/h3-6H,1-2,7H2. The summed E-state index contributed by atoms with van der Waals surface area (Å²) in [5, 5.41) is 0. The van der Waals surface area contributed by atoms with Crippen molar-refractivity contribution in [2.45, 2.75) is 31.6 Å². The van der Waals surface area contributed by atoms with E-state index in [0.29, 0.717) is 0 Å². The van der Waals surface area contributed by atoms with Crippen LogP contribution in [0.15, 0.2) is 24.3 Å². The quantitative estimate of drug-likeness (QED) is 0.582. The highest BCUT2D eigenvalue weighted by Crippen LogP contribution is 2.29. The highest BCUT2D eigenvalue weighted by Gasteiger charge is 2.30. The molecule has 19 heavy (non-hydrogen) atoms. The number of alkyl halides is 6. The fourth-order valence-corrected chi connectivity index (χ4v) is 1.44. The summed E-state index contributed by atoms with van der Waals surface area (Å²) in [6.45, 7) is 0. The Hall–Kier alpha value is -1.53. The molecule has 0 saturated heterocycles. The Kier molecular flexibility index (Phi) is 4.60. The molecule has 0 amide bonds. The largest absolute Gasteiger partial charge is 0.416 e. The third-order valence-corrected chi connectivity index (χ3v) is 2.40. The molecule has 0 aromatic heterocycles. The van der Waals surface area contributed by atoms with Crippen LogP contribution in [-0.4, -0.2) is 12.0 Å². The van der Waals surface area contributed by atoms with E-state index in [9.17, 15) is 31.1 Å². The minimum absolute atomic E-state index is 0.0184. The van der Waals surface area contributed by atoms with Crippen LogP contribution in [-0.2, 0) is 6.18 Å². The van der Waals surface area contributed by atoms with Gasteiger partial charge in [0.25, 0.3) is 0 Å². The van der Waals surface area contributed by atoms with Gasteiger partial charge in [0, 0.05) is 18.4 Å². The van der Waals surface area contributed by atoms with Crippen LogP contribution < -0.4 is 0 Å². The third-order valence-electron chi connectivity index (χ3n) is 2.40. The smallest absolute Gasteiger partial charge is 0.294 e. The second-order valence-electron chi connectivity index (χ2n) is 3.97. The lowest BCUT2D eigenvalue weighted by molar-refractivity contribution is -0.137. The lowest BCUT2D eigenvalue weighted by atomic mass is 10.0. The van der Waals surface area contributed by atoms with Crippen LogP contribution >= 0.6 is 0 Å². The van der Waals surface area contributed by atoms with Crippen LogP contribution in [0.1, 0.15) is 35.2 Å². The summed E-state index contributed by atoms with van der Waals surface area (Å²) >= 11 is 0. The molecule has 0 heterocycles. The molecular formula is C12H10F6O. The van der Waals surface area contributed by atoms with Gasteiger partial charge in [0.1, 0.15) is 0 Å². The van der Waals surface area contributed by atoms with Gasteiger partial charge in [0.15, 0.2) is 5.78 Å². The average Bonchev–Trinajstić information content (AvgIpc) is 2.26. The van der Waals surface area contributed by atoms with Crippen LogP contribution in [0.4, 0.5) is 26.3 Å². The summed E-state index contributed by atoms with van der Waals surface area (Å²) < 4.78 is 72.3. The monoisotopic (exact) mass is 284 g/mol. The molecule has 0 bridgehead atoms. The van der Waals surface area contributed by atoms with Crippen molar-refractivity contribution < 1.29 is 31.1 Å². The molecule has 0 aliphatic rings. The van der Waals surface area contributed by atoms with E-state index in [4.69, 9.17) is 0 Å². The minimum atomic E-state index is -4.50. The number of Topliss-reactive ketones (excluding diaryl/α,β-unsaturated/α-hetero) is 1. The zero-order chi connectivity index (χ0) is 14.7. The lowest BCUT2D eigenvalue weighted by Gasteiger charge is -2.08. The molecule has 0 N–H and O–H groups in total. The van der Waals surface area contributed by atoms with Gasteiger partial charge in [0.2, 0.25) is 0 Å². The molecule has 0 radical (unpaired) electrons. The van der Waals surface area contributed by atoms with Crippen molar-refractivity contribution in [2.75, 3.05) is 0 Å². The second-order valence-corrected chi connectivity index (χ2v) is 3.97. The van der Waals surface area contributed by atoms with Gasteiger partial charge in [-0.05, 0) is 18.6 Å². The fraction of sp³-hybridized carbons (Fsp3) is 0.417. The van der Waals surface area contributed by atoms with Crippen molar-refractivity contribution in [1.29, 1.82) is 0 Å². The first-order chi connectivity index (χ1) is 8.59. The molecule has 0 saturated carbocycles. The molecule has 1 rings (SSSR count). The Labute approximate surface area is 105 Å². The molecule has 0 atom stereocenters. The normalized spacial score (nSPS) is 12.5. The Bertz CT molecular complexity index is 429. The van der Waals surface area contributed by atoms with E-state index in [-0.39, 0.29) is 18.4 Å². The van der Waals surface area contributed by atoms with Gasteiger partial charge in [-0.3, -0.25) is 4.79 Å². The van der Waals surface area contributed by atoms with Crippen molar-refractivity contribution >= 4 is 5.78 Å². The number of halogens is 6. The number of ketones is 1. The number of benzene rings is 1. The van der Waals surface area contributed by atoms with E-state index < -0.39 is 30.1 Å². The zero-order valence-electron chi connectivity index (χ0n) is 9.61. The predicted molar refractivity (Wildman–Crippen MR) is 55.7 cm³/mol. The number of carbonyl (C=O) groups excluding carboxylic acids is 1. The molecule has 1 nitrogen and oxygen atoms in total. The number of carbonyl (C=O) groups is 1. The first kappa shape index (κ1) is 15.5. The molecular weight excluding hydrogens is 274 g/mol. The Morgan fingerprint density at radius 1 is 0.947 bits per heavy atom. The van der Waals surface area contributed by atoms with Crippen LogP contribution in [0.2, 0.25) is 0 Å². The fourth-order valence-electron chi connectivity index (χ4n) is 1.44. The van der Waals surface area contributed by atoms with Gasteiger partial charge in [-0.1, -0.05) is 12.1 Å². The maximum absolute atomic E-state index is 12.2. The molecule has 106 valence electrons. The van der Waals surface area contributed by atoms with Crippen LogP contribution in [0.5, 0.6) is 0 Å². The van der Waals surface area contributed by atoms with Gasteiger partial charge in [0.05, 0.1) is 5.56 Å². The van der Waals surface area contributed by atoms with Gasteiger partial charge in [-0.2, -0.15) is 26.3 Å². The van der Waals surface area contributed by atoms with E-state index in [1.54, 1.807) is 0 Å². The molecule has 0 spiro atoms. The molecule has 0 fully saturated rings. The van der Waals surface area contributed by atoms with Crippen molar-refractivity contribution in [3.05, 3.63) is 35.4 Å². The number of hydrogen-bond acceptors (Lipinski definition) is 1. The SMILES string of the molecule is O=C(CCCC(F)(F)F)c1ccc(C(F)(F)F)cc1. The Balaban J connectivity index is 2.59. The summed E-state index contributed by atoms with van der Waals surface area (Å²) in [5.41, 5.74) is -0.922. The number of hydrogen-bond donors (Lipinski definition) is 0. The van der Waals surface area contributed by atoms with Crippen molar-refractivity contribution in [2.24, 2.45) is 0 Å². The maximum atomic E-state index is 12.2. The average molecular weight is 284 g/mol. The molecule has 1 aromatic rings. The topological polar surface area (TPSA) is 17.1 Å². The number of rotatable bonds is 4. The molecule has 0 aliphatic carbocycles. The van der Waals surface area contributed by atoms with E-state index in [2.05, 4.69) is 0 Å². The molecule has 0 aliphatic heterocycles. The molecule has 7 heteroatoms. The van der Waals surface area contributed by atoms with Gasteiger partial charge < -0.3 is 0 Å². The lowest BCUT2D eigenvalue weighted by Crippen LogP contribution is -2.09. The van der Waals surface area contributed by atoms with Crippen molar-refractivity contribution in [1.82, 2.24) is 0 Å². The molecule has 1 aromatic carbocycles. The van der Waals surface area contributed by atoms with Gasteiger partial charge >= 0.3 is 12.4 Å². The predicted octanol–water partition coefficient (Wildman–Crippen LogP) is 4.62. The summed E-state index contributed by atoms with van der Waals surface area (Å²) in [5.74, 6) is -0.599. The highest BCUT2D eigenvalue weighted by atomic mass is 19.4. The third kappa shape index (κ3) is 5.32. The first-order valence-electron chi connectivity index (χ1n) is 5.37. The van der Waals surface area contributed by atoms with E-state index in [1.807, 2.05) is 0 Å². The van der Waals surface area contributed by atoms with E-state index in [1.165, 1.54) is 0 Å². The Morgan fingerprint density at radius 3 is 1.89 bits per heavy atom. The van der Waals surface area contributed by atoms with Crippen molar-refractivity contribution in [3.63, 3.8) is 0 Å². The minimum Gasteiger partial charge on any atom is -0.294 e. The van der Waals surface area contributed by atoms with Crippen molar-refractivity contribution in [3.8, 4) is 0 Å². The van der Waals surface area contributed by atoms with Gasteiger partial charge in [-0.15, -0.1) is 0 Å². The van der Waals surface area contributed by atoms with Crippen LogP contribution in [0.25, 0.3) is 0 Å². The summed E-state index contributed by atoms with van der Waals surface area (Å²) in [4.78, 5) is 11.4. The Morgan fingerprint density at radius 2 is 1.47 bits per heavy atom. The van der Waals surface area contributed by atoms with Gasteiger partial charge in [-0.25, -0.2) is 0 Å². The van der Waals surface area contributed by atoms with E-state index in [0.717, 1.165) is 24.3 Å². The summed E-state index contributed by atoms with van der Waals surface area (Å²) in [6.07, 6.45) is -10.6. The van der Waals surface area contributed by atoms with Crippen LogP contribution in [0.3, 0.4) is 0 Å². The summed E-state index contributed by atoms with van der Waals surface area (Å²) in [7, 11) is 0. The second kappa shape index (κ2) is 5.63. The maximum Gasteiger partial charge on any atom is 0.416 e. The van der Waals surface area contributed by atoms with E-state index >= 15 is 0 Å². The van der Waals surface area contributed by atoms with Crippen LogP contribution in [0, 0.1) is 0 Å². The molecule has 0 unspecified atom stereocenters.